The Morgan fingerprint density at radius 1 is 0.967 bits per heavy atom. The summed E-state index contributed by atoms with van der Waals surface area (Å²) in [5.74, 6) is 1.37. The first-order valence-corrected chi connectivity index (χ1v) is 10.0. The number of urea groups is 1. The molecule has 1 heterocycles. The molecule has 1 unspecified atom stereocenters. The summed E-state index contributed by atoms with van der Waals surface area (Å²) < 4.78 is 11.0. The maximum atomic E-state index is 13.3. The predicted molar refractivity (Wildman–Crippen MR) is 118 cm³/mol. The minimum Gasteiger partial charge on any atom is -0.493 e. The van der Waals surface area contributed by atoms with Crippen molar-refractivity contribution in [3.63, 3.8) is 0 Å². The van der Waals surface area contributed by atoms with Crippen LogP contribution in [0.2, 0.25) is 0 Å². The Bertz CT molecular complexity index is 1030. The molecule has 2 amide bonds. The van der Waals surface area contributed by atoms with Crippen LogP contribution in [0.3, 0.4) is 0 Å². The maximum Gasteiger partial charge on any atom is 0.322 e. The molecule has 4 rings (SSSR count). The van der Waals surface area contributed by atoms with Crippen LogP contribution in [0.1, 0.15) is 28.3 Å². The van der Waals surface area contributed by atoms with Crippen molar-refractivity contribution in [2.75, 3.05) is 26.1 Å². The number of hydrogen-bond acceptors (Lipinski definition) is 3. The monoisotopic (exact) mass is 402 g/mol. The average Bonchev–Trinajstić information content (AvgIpc) is 2.79. The molecule has 5 nitrogen and oxygen atoms in total. The minimum atomic E-state index is -0.208. The second kappa shape index (κ2) is 8.49. The lowest BCUT2D eigenvalue weighted by molar-refractivity contribution is 0.193. The third-order valence-corrected chi connectivity index (χ3v) is 5.55. The molecule has 0 spiro atoms. The fourth-order valence-electron chi connectivity index (χ4n) is 3.99. The van der Waals surface area contributed by atoms with Crippen molar-refractivity contribution >= 4 is 11.7 Å². The fraction of sp³-hybridized carbons (Fsp3) is 0.240. The molecule has 5 heteroatoms. The number of amides is 2. The summed E-state index contributed by atoms with van der Waals surface area (Å²) in [4.78, 5) is 15.2. The van der Waals surface area contributed by atoms with E-state index in [1.54, 1.807) is 14.2 Å². The number of aryl methyl sites for hydroxylation is 1. The number of benzene rings is 3. The second-order valence-electron chi connectivity index (χ2n) is 7.46. The number of ether oxygens (including phenoxy) is 2. The summed E-state index contributed by atoms with van der Waals surface area (Å²) in [6.45, 7) is 2.64. The topological polar surface area (TPSA) is 50.8 Å². The number of rotatable bonds is 4. The number of carbonyl (C=O) groups is 1. The molecule has 0 radical (unpaired) electrons. The molecular formula is C25H26N2O3. The van der Waals surface area contributed by atoms with E-state index < -0.39 is 0 Å². The largest absolute Gasteiger partial charge is 0.493 e. The average molecular weight is 402 g/mol. The van der Waals surface area contributed by atoms with E-state index in [0.717, 1.165) is 28.8 Å². The van der Waals surface area contributed by atoms with Gasteiger partial charge in [-0.15, -0.1) is 0 Å². The molecule has 3 aromatic carbocycles. The molecule has 154 valence electrons. The van der Waals surface area contributed by atoms with E-state index >= 15 is 0 Å². The van der Waals surface area contributed by atoms with E-state index in [0.29, 0.717) is 18.0 Å². The molecule has 30 heavy (non-hydrogen) atoms. The summed E-state index contributed by atoms with van der Waals surface area (Å²) in [6.07, 6.45) is 0.750. The molecule has 0 aliphatic carbocycles. The van der Waals surface area contributed by atoms with E-state index in [9.17, 15) is 4.79 Å². The first-order chi connectivity index (χ1) is 14.6. The first-order valence-electron chi connectivity index (χ1n) is 10.0. The van der Waals surface area contributed by atoms with Gasteiger partial charge in [0, 0.05) is 12.2 Å². The van der Waals surface area contributed by atoms with Gasteiger partial charge in [0.25, 0.3) is 0 Å². The van der Waals surface area contributed by atoms with Crippen molar-refractivity contribution in [2.45, 2.75) is 19.4 Å². The third kappa shape index (κ3) is 3.83. The van der Waals surface area contributed by atoms with Gasteiger partial charge in [-0.1, -0.05) is 48.0 Å². The first kappa shape index (κ1) is 19.8. The van der Waals surface area contributed by atoms with E-state index in [-0.39, 0.29) is 12.1 Å². The second-order valence-corrected chi connectivity index (χ2v) is 7.46. The molecule has 1 aliphatic rings. The zero-order valence-corrected chi connectivity index (χ0v) is 17.5. The van der Waals surface area contributed by atoms with Gasteiger partial charge >= 0.3 is 6.03 Å². The summed E-state index contributed by atoms with van der Waals surface area (Å²) in [6, 6.07) is 21.6. The van der Waals surface area contributed by atoms with Crippen LogP contribution in [-0.4, -0.2) is 31.7 Å². The number of methoxy groups -OCH3 is 2. The van der Waals surface area contributed by atoms with Crippen LogP contribution < -0.4 is 14.8 Å². The number of fused-ring (bicyclic) bond motifs is 1. The lowest BCUT2D eigenvalue weighted by Gasteiger charge is -2.38. The van der Waals surface area contributed by atoms with E-state index in [2.05, 4.69) is 17.4 Å². The van der Waals surface area contributed by atoms with Crippen molar-refractivity contribution in [3.8, 4) is 11.5 Å². The number of nitrogens with zero attached hydrogens (tertiary/aromatic N) is 1. The summed E-state index contributed by atoms with van der Waals surface area (Å²) in [5, 5.41) is 3.05. The van der Waals surface area contributed by atoms with Gasteiger partial charge in [0.15, 0.2) is 11.5 Å². The Kier molecular flexibility index (Phi) is 5.61. The van der Waals surface area contributed by atoms with E-state index in [1.807, 2.05) is 66.4 Å². The van der Waals surface area contributed by atoms with Crippen LogP contribution in [0, 0.1) is 6.92 Å². The molecule has 0 saturated carbocycles. The van der Waals surface area contributed by atoms with Crippen molar-refractivity contribution < 1.29 is 14.3 Å². The van der Waals surface area contributed by atoms with Gasteiger partial charge in [-0.25, -0.2) is 4.79 Å². The van der Waals surface area contributed by atoms with Gasteiger partial charge in [-0.05, 0) is 54.3 Å². The quantitative estimate of drug-likeness (QED) is 0.653. The summed E-state index contributed by atoms with van der Waals surface area (Å²) in [7, 11) is 3.27. The van der Waals surface area contributed by atoms with Crippen LogP contribution in [0.4, 0.5) is 10.5 Å². The highest BCUT2D eigenvalue weighted by Crippen LogP contribution is 2.41. The van der Waals surface area contributed by atoms with Gasteiger partial charge in [0.1, 0.15) is 0 Å². The number of carbonyl (C=O) groups excluding carboxylic acids is 1. The molecule has 3 aromatic rings. The predicted octanol–water partition coefficient (Wildman–Crippen LogP) is 5.19. The lowest BCUT2D eigenvalue weighted by Crippen LogP contribution is -2.43. The highest BCUT2D eigenvalue weighted by atomic mass is 16.5. The minimum absolute atomic E-state index is 0.117. The molecular weight excluding hydrogens is 376 g/mol. The molecule has 0 saturated heterocycles. The van der Waals surface area contributed by atoms with Crippen molar-refractivity contribution in [3.05, 3.63) is 89.0 Å². The SMILES string of the molecule is COc1cc2c(cc1OC)C(c1ccccc1)N(C(=O)Nc1ccc(C)cc1)CC2. The molecule has 1 atom stereocenters. The molecule has 0 bridgehead atoms. The van der Waals surface area contributed by atoms with Gasteiger partial charge in [-0.3, -0.25) is 0 Å². The van der Waals surface area contributed by atoms with Gasteiger partial charge in [0.2, 0.25) is 0 Å². The lowest BCUT2D eigenvalue weighted by atomic mass is 9.88. The van der Waals surface area contributed by atoms with E-state index in [1.165, 1.54) is 5.56 Å². The van der Waals surface area contributed by atoms with Crippen LogP contribution in [0.15, 0.2) is 66.7 Å². The van der Waals surface area contributed by atoms with Crippen LogP contribution >= 0.6 is 0 Å². The fourth-order valence-corrected chi connectivity index (χ4v) is 3.99. The highest BCUT2D eigenvalue weighted by molar-refractivity contribution is 5.90. The Morgan fingerprint density at radius 3 is 2.30 bits per heavy atom. The van der Waals surface area contributed by atoms with Gasteiger partial charge < -0.3 is 19.7 Å². The Morgan fingerprint density at radius 2 is 1.63 bits per heavy atom. The Labute approximate surface area is 177 Å². The highest BCUT2D eigenvalue weighted by Gasteiger charge is 2.33. The molecule has 1 aliphatic heterocycles. The number of nitrogens with one attached hydrogen (secondary N) is 1. The molecule has 0 aromatic heterocycles. The molecule has 0 fully saturated rings. The normalized spacial score (nSPS) is 15.3. The third-order valence-electron chi connectivity index (χ3n) is 5.55. The van der Waals surface area contributed by atoms with Crippen LogP contribution in [0.25, 0.3) is 0 Å². The number of hydrogen-bond donors (Lipinski definition) is 1. The maximum absolute atomic E-state index is 13.3. The summed E-state index contributed by atoms with van der Waals surface area (Å²) in [5.41, 5.74) is 5.23. The van der Waals surface area contributed by atoms with Crippen LogP contribution in [0.5, 0.6) is 11.5 Å². The smallest absolute Gasteiger partial charge is 0.322 e. The van der Waals surface area contributed by atoms with Crippen molar-refractivity contribution in [1.29, 1.82) is 0 Å². The van der Waals surface area contributed by atoms with E-state index in [4.69, 9.17) is 9.47 Å². The van der Waals surface area contributed by atoms with Crippen LogP contribution in [-0.2, 0) is 6.42 Å². The zero-order chi connectivity index (χ0) is 21.1. The van der Waals surface area contributed by atoms with Gasteiger partial charge in [0.05, 0.1) is 20.3 Å². The Balaban J connectivity index is 1.74. The Hall–Kier alpha value is -3.47. The van der Waals surface area contributed by atoms with Crippen molar-refractivity contribution in [1.82, 2.24) is 4.90 Å². The zero-order valence-electron chi connectivity index (χ0n) is 17.5. The number of anilines is 1. The van der Waals surface area contributed by atoms with Gasteiger partial charge in [-0.2, -0.15) is 0 Å². The summed E-state index contributed by atoms with van der Waals surface area (Å²) >= 11 is 0. The van der Waals surface area contributed by atoms with Crippen molar-refractivity contribution in [2.24, 2.45) is 0 Å². The standard InChI is InChI=1S/C25H26N2O3/c1-17-9-11-20(12-10-17)26-25(28)27-14-13-19-15-22(29-2)23(30-3)16-21(19)24(27)18-7-5-4-6-8-18/h4-12,15-16,24H,13-14H2,1-3H3,(H,26,28). The molecule has 1 N–H and O–H groups in total.